The third-order valence-electron chi connectivity index (χ3n) is 5.14. The Morgan fingerprint density at radius 2 is 1.56 bits per heavy atom. The topological polar surface area (TPSA) is 73.8 Å². The first-order valence-electron chi connectivity index (χ1n) is 11.0. The van der Waals surface area contributed by atoms with E-state index >= 15 is 0 Å². The van der Waals surface area contributed by atoms with E-state index in [-0.39, 0.29) is 11.3 Å². The minimum Gasteiger partial charge on any atom is -0.372 e. The fraction of sp³-hybridized carbons (Fsp3) is 0.148. The smallest absolute Gasteiger partial charge is 0.287 e. The molecule has 6 nitrogen and oxygen atoms in total. The SMILES string of the molecule is CCN(CC)c1ccc(/C=C(\NC(=O)c2ccccc2)C(=O)N/N=C\c2ccccc2F)cc1. The molecule has 0 atom stereocenters. The van der Waals surface area contributed by atoms with Crippen molar-refractivity contribution in [2.45, 2.75) is 13.8 Å². The van der Waals surface area contributed by atoms with E-state index in [0.29, 0.717) is 5.56 Å². The summed E-state index contributed by atoms with van der Waals surface area (Å²) in [5.74, 6) is -1.52. The second-order valence-corrected chi connectivity index (χ2v) is 7.36. The lowest BCUT2D eigenvalue weighted by molar-refractivity contribution is -0.117. The summed E-state index contributed by atoms with van der Waals surface area (Å²) in [6.07, 6.45) is 2.78. The molecule has 2 amide bonds. The van der Waals surface area contributed by atoms with Gasteiger partial charge in [-0.05, 0) is 55.8 Å². The van der Waals surface area contributed by atoms with E-state index in [1.807, 2.05) is 24.3 Å². The molecule has 0 unspecified atom stereocenters. The number of rotatable bonds is 9. The Morgan fingerprint density at radius 1 is 0.912 bits per heavy atom. The monoisotopic (exact) mass is 458 g/mol. The first-order valence-corrected chi connectivity index (χ1v) is 11.0. The van der Waals surface area contributed by atoms with Crippen molar-refractivity contribution in [3.63, 3.8) is 0 Å². The lowest BCUT2D eigenvalue weighted by Gasteiger charge is -2.20. The average molecular weight is 459 g/mol. The number of anilines is 1. The number of nitrogens with zero attached hydrogens (tertiary/aromatic N) is 2. The molecule has 0 bridgehead atoms. The molecule has 0 aliphatic carbocycles. The summed E-state index contributed by atoms with van der Waals surface area (Å²) < 4.78 is 13.8. The highest BCUT2D eigenvalue weighted by atomic mass is 19.1. The van der Waals surface area contributed by atoms with E-state index in [9.17, 15) is 14.0 Å². The molecule has 0 spiro atoms. The minimum absolute atomic E-state index is 0.00938. The summed E-state index contributed by atoms with van der Waals surface area (Å²) in [5.41, 5.74) is 4.80. The molecule has 7 heteroatoms. The van der Waals surface area contributed by atoms with Gasteiger partial charge in [0.25, 0.3) is 11.8 Å². The molecule has 0 radical (unpaired) electrons. The van der Waals surface area contributed by atoms with E-state index in [4.69, 9.17) is 0 Å². The molecule has 0 saturated heterocycles. The zero-order valence-corrected chi connectivity index (χ0v) is 19.2. The van der Waals surface area contributed by atoms with Gasteiger partial charge in [-0.15, -0.1) is 0 Å². The predicted molar refractivity (Wildman–Crippen MR) is 134 cm³/mol. The Bertz CT molecular complexity index is 1170. The van der Waals surface area contributed by atoms with Crippen LogP contribution in [0.4, 0.5) is 10.1 Å². The molecule has 0 aromatic heterocycles. The first-order chi connectivity index (χ1) is 16.5. The maximum atomic E-state index is 13.8. The summed E-state index contributed by atoms with van der Waals surface area (Å²) in [7, 11) is 0. The molecule has 34 heavy (non-hydrogen) atoms. The van der Waals surface area contributed by atoms with E-state index < -0.39 is 17.6 Å². The summed E-state index contributed by atoms with van der Waals surface area (Å²) >= 11 is 0. The van der Waals surface area contributed by atoms with Gasteiger partial charge in [-0.1, -0.05) is 48.5 Å². The van der Waals surface area contributed by atoms with Gasteiger partial charge >= 0.3 is 0 Å². The van der Waals surface area contributed by atoms with Crippen LogP contribution in [0.15, 0.2) is 89.7 Å². The maximum Gasteiger partial charge on any atom is 0.287 e. The zero-order valence-electron chi connectivity index (χ0n) is 19.2. The van der Waals surface area contributed by atoms with Gasteiger partial charge < -0.3 is 10.2 Å². The van der Waals surface area contributed by atoms with Crippen LogP contribution in [0.2, 0.25) is 0 Å². The van der Waals surface area contributed by atoms with Gasteiger partial charge in [0.05, 0.1) is 6.21 Å². The van der Waals surface area contributed by atoms with Gasteiger partial charge in [0.2, 0.25) is 0 Å². The second-order valence-electron chi connectivity index (χ2n) is 7.36. The van der Waals surface area contributed by atoms with Gasteiger partial charge in [0.15, 0.2) is 0 Å². The minimum atomic E-state index is -0.635. The normalized spacial score (nSPS) is 11.3. The van der Waals surface area contributed by atoms with Crippen molar-refractivity contribution in [3.8, 4) is 0 Å². The number of halogens is 1. The molecular formula is C27H27FN4O2. The zero-order chi connectivity index (χ0) is 24.3. The summed E-state index contributed by atoms with van der Waals surface area (Å²) in [4.78, 5) is 27.7. The molecule has 3 rings (SSSR count). The summed E-state index contributed by atoms with van der Waals surface area (Å²) in [6.45, 7) is 5.93. The summed E-state index contributed by atoms with van der Waals surface area (Å²) in [6, 6.07) is 22.3. The van der Waals surface area contributed by atoms with Crippen molar-refractivity contribution >= 4 is 29.8 Å². The van der Waals surface area contributed by atoms with Crippen LogP contribution in [0.25, 0.3) is 6.08 Å². The molecule has 3 aromatic carbocycles. The van der Waals surface area contributed by atoms with E-state index in [0.717, 1.165) is 24.3 Å². The molecule has 0 saturated carbocycles. The van der Waals surface area contributed by atoms with Crippen LogP contribution in [0.3, 0.4) is 0 Å². The molecule has 2 N–H and O–H groups in total. The highest BCUT2D eigenvalue weighted by Gasteiger charge is 2.14. The van der Waals surface area contributed by atoms with E-state index in [1.165, 1.54) is 18.3 Å². The molecule has 0 heterocycles. The van der Waals surface area contributed by atoms with Crippen molar-refractivity contribution in [1.82, 2.24) is 10.7 Å². The Hall–Kier alpha value is -4.26. The standard InChI is InChI=1S/C27H27FN4O2/c1-3-32(4-2)23-16-14-20(15-17-23)18-25(30-26(33)21-10-6-5-7-11-21)27(34)31-29-19-22-12-8-9-13-24(22)28/h5-19H,3-4H2,1-2H3,(H,30,33)(H,31,34)/b25-18-,29-19-. The number of hydrazone groups is 1. The fourth-order valence-electron chi connectivity index (χ4n) is 3.28. The number of amides is 2. The van der Waals surface area contributed by atoms with Crippen LogP contribution in [-0.4, -0.2) is 31.1 Å². The van der Waals surface area contributed by atoms with Crippen molar-refractivity contribution in [2.24, 2.45) is 5.10 Å². The fourth-order valence-corrected chi connectivity index (χ4v) is 3.28. The van der Waals surface area contributed by atoms with Gasteiger partial charge in [-0.3, -0.25) is 9.59 Å². The number of nitrogens with one attached hydrogen (secondary N) is 2. The highest BCUT2D eigenvalue weighted by molar-refractivity contribution is 6.05. The number of carbonyl (C=O) groups excluding carboxylic acids is 2. The molecule has 0 fully saturated rings. The maximum absolute atomic E-state index is 13.8. The lowest BCUT2D eigenvalue weighted by atomic mass is 10.1. The van der Waals surface area contributed by atoms with Crippen LogP contribution in [0, 0.1) is 5.82 Å². The van der Waals surface area contributed by atoms with E-state index in [2.05, 4.69) is 34.6 Å². The third-order valence-corrected chi connectivity index (χ3v) is 5.14. The quantitative estimate of drug-likeness (QED) is 0.280. The Morgan fingerprint density at radius 3 is 2.21 bits per heavy atom. The van der Waals surface area contributed by atoms with Gasteiger partial charge in [-0.2, -0.15) is 5.10 Å². The largest absolute Gasteiger partial charge is 0.372 e. The van der Waals surface area contributed by atoms with Crippen LogP contribution >= 0.6 is 0 Å². The second kappa shape index (κ2) is 12.1. The predicted octanol–water partition coefficient (Wildman–Crippen LogP) is 4.59. The Balaban J connectivity index is 1.83. The molecular weight excluding hydrogens is 431 g/mol. The highest BCUT2D eigenvalue weighted by Crippen LogP contribution is 2.16. The van der Waals surface area contributed by atoms with Crippen LogP contribution in [0.5, 0.6) is 0 Å². The van der Waals surface area contributed by atoms with Gasteiger partial charge in [-0.25, -0.2) is 9.82 Å². The number of hydrogen-bond donors (Lipinski definition) is 2. The van der Waals surface area contributed by atoms with Crippen molar-refractivity contribution in [3.05, 3.63) is 107 Å². The van der Waals surface area contributed by atoms with Crippen LogP contribution in [0.1, 0.15) is 35.3 Å². The molecule has 3 aromatic rings. The number of benzene rings is 3. The number of hydrogen-bond acceptors (Lipinski definition) is 4. The third kappa shape index (κ3) is 6.62. The van der Waals surface area contributed by atoms with Gasteiger partial charge in [0, 0.05) is 29.9 Å². The summed E-state index contributed by atoms with van der Waals surface area (Å²) in [5, 5.41) is 6.49. The Labute approximate surface area is 198 Å². The molecule has 0 aliphatic rings. The van der Waals surface area contributed by atoms with E-state index in [1.54, 1.807) is 48.5 Å². The van der Waals surface area contributed by atoms with Crippen molar-refractivity contribution in [2.75, 3.05) is 18.0 Å². The van der Waals surface area contributed by atoms with Gasteiger partial charge in [0.1, 0.15) is 11.5 Å². The van der Waals surface area contributed by atoms with Crippen molar-refractivity contribution < 1.29 is 14.0 Å². The van der Waals surface area contributed by atoms with Crippen LogP contribution in [-0.2, 0) is 4.79 Å². The number of carbonyl (C=O) groups is 2. The first kappa shape index (κ1) is 24.4. The van der Waals surface area contributed by atoms with Crippen molar-refractivity contribution in [1.29, 1.82) is 0 Å². The lowest BCUT2D eigenvalue weighted by Crippen LogP contribution is -2.32. The average Bonchev–Trinajstić information content (AvgIpc) is 2.87. The molecule has 174 valence electrons. The van der Waals surface area contributed by atoms with Crippen LogP contribution < -0.4 is 15.6 Å². The molecule has 0 aliphatic heterocycles. The Kier molecular flexibility index (Phi) is 8.68.